The predicted molar refractivity (Wildman–Crippen MR) is 91.2 cm³/mol. The summed E-state index contributed by atoms with van der Waals surface area (Å²) in [6, 6.07) is 15.4. The van der Waals surface area contributed by atoms with Gasteiger partial charge in [0.1, 0.15) is 6.04 Å². The highest BCUT2D eigenvalue weighted by Crippen LogP contribution is 2.38. The van der Waals surface area contributed by atoms with Crippen LogP contribution in [0, 0.1) is 0 Å². The van der Waals surface area contributed by atoms with E-state index >= 15 is 0 Å². The number of carbonyl (C=O) groups is 2. The topological polar surface area (TPSA) is 73.8 Å². The largest absolute Gasteiger partial charge is 0.361 e. The summed E-state index contributed by atoms with van der Waals surface area (Å²) in [7, 11) is 0. The maximum absolute atomic E-state index is 12.6. The van der Waals surface area contributed by atoms with E-state index in [1.54, 1.807) is 24.3 Å². The van der Waals surface area contributed by atoms with Crippen LogP contribution in [0.4, 0.5) is 5.69 Å². The van der Waals surface area contributed by atoms with E-state index in [-0.39, 0.29) is 18.2 Å². The minimum Gasteiger partial charge on any atom is -0.361 e. The Labute approximate surface area is 144 Å². The Balaban J connectivity index is 2.06. The zero-order valence-electron chi connectivity index (χ0n) is 12.7. The van der Waals surface area contributed by atoms with Crippen molar-refractivity contribution in [2.24, 2.45) is 0 Å². The van der Waals surface area contributed by atoms with E-state index in [1.165, 1.54) is 4.90 Å². The summed E-state index contributed by atoms with van der Waals surface area (Å²) in [5.41, 5.74) is 10.2. The molecule has 0 unspecified atom stereocenters. The van der Waals surface area contributed by atoms with Crippen molar-refractivity contribution in [3.05, 3.63) is 70.7 Å². The van der Waals surface area contributed by atoms with Crippen LogP contribution in [0.3, 0.4) is 0 Å². The van der Waals surface area contributed by atoms with E-state index in [1.807, 2.05) is 30.3 Å². The van der Waals surface area contributed by atoms with E-state index < -0.39 is 11.8 Å². The molecule has 2 atom stereocenters. The van der Waals surface area contributed by atoms with Gasteiger partial charge >= 0.3 is 6.21 Å². The number of nitrogens with zero attached hydrogens (tertiary/aromatic N) is 3. The van der Waals surface area contributed by atoms with E-state index in [4.69, 9.17) is 17.1 Å². The van der Waals surface area contributed by atoms with Crippen LogP contribution in [0.15, 0.2) is 54.6 Å². The molecule has 1 amide bonds. The Kier molecular flexibility index (Phi) is 4.56. The van der Waals surface area contributed by atoms with Crippen molar-refractivity contribution < 1.29 is 14.4 Å². The SMILES string of the molecule is [N-]=[N+]=CC(=O)[C@H]1[C@H](c2ccccc2)CC(=O)N1c1ccc(Cl)cc1. The average Bonchev–Trinajstić information content (AvgIpc) is 2.94. The predicted octanol–water partition coefficient (Wildman–Crippen LogP) is 3.10. The number of benzene rings is 2. The van der Waals surface area contributed by atoms with E-state index in [0.29, 0.717) is 10.7 Å². The average molecular weight is 340 g/mol. The quantitative estimate of drug-likeness (QED) is 0.487. The second kappa shape index (κ2) is 6.79. The standard InChI is InChI=1S/C18H14ClN3O2/c19-13-6-8-14(9-7-13)22-17(24)10-15(12-4-2-1-3-5-12)18(22)16(23)11-21-20/h1-9,11,15,18H,10H2/t15-,18+/m0/s1. The van der Waals surface area contributed by atoms with Gasteiger partial charge < -0.3 is 10.4 Å². The van der Waals surface area contributed by atoms with Gasteiger partial charge in [0.15, 0.2) is 0 Å². The third-order valence-corrected chi connectivity index (χ3v) is 4.38. The normalized spacial score (nSPS) is 19.9. The molecular formula is C18H14ClN3O2. The summed E-state index contributed by atoms with van der Waals surface area (Å²) < 4.78 is 0. The van der Waals surface area contributed by atoms with Crippen molar-refractivity contribution in [2.75, 3.05) is 4.90 Å². The van der Waals surface area contributed by atoms with E-state index in [9.17, 15) is 9.59 Å². The van der Waals surface area contributed by atoms with Crippen LogP contribution in [0.1, 0.15) is 17.9 Å². The monoisotopic (exact) mass is 339 g/mol. The number of ketones is 1. The summed E-state index contributed by atoms with van der Waals surface area (Å²) in [6.07, 6.45) is 1.06. The molecule has 5 nitrogen and oxygen atoms in total. The van der Waals surface area contributed by atoms with Gasteiger partial charge in [0.05, 0.1) is 0 Å². The summed E-state index contributed by atoms with van der Waals surface area (Å²) in [5.74, 6) is -0.886. The Morgan fingerprint density at radius 2 is 1.83 bits per heavy atom. The first kappa shape index (κ1) is 16.1. The number of halogens is 1. The molecule has 6 heteroatoms. The third-order valence-electron chi connectivity index (χ3n) is 4.13. The highest BCUT2D eigenvalue weighted by molar-refractivity contribution is 6.31. The van der Waals surface area contributed by atoms with Crippen LogP contribution in [0.2, 0.25) is 5.02 Å². The molecule has 0 aromatic heterocycles. The Morgan fingerprint density at radius 3 is 2.46 bits per heavy atom. The minimum atomic E-state index is -0.753. The maximum Gasteiger partial charge on any atom is 0.325 e. The molecule has 0 radical (unpaired) electrons. The zero-order chi connectivity index (χ0) is 17.1. The second-order valence-corrected chi connectivity index (χ2v) is 5.99. The van der Waals surface area contributed by atoms with Gasteiger partial charge in [0.2, 0.25) is 5.91 Å². The van der Waals surface area contributed by atoms with Crippen LogP contribution in [0.25, 0.3) is 5.53 Å². The van der Waals surface area contributed by atoms with Crippen molar-refractivity contribution in [1.82, 2.24) is 0 Å². The van der Waals surface area contributed by atoms with Gasteiger partial charge in [-0.3, -0.25) is 9.59 Å². The molecule has 0 spiro atoms. The number of hydrogen-bond donors (Lipinski definition) is 0. The maximum atomic E-state index is 12.6. The summed E-state index contributed by atoms with van der Waals surface area (Å²) >= 11 is 5.90. The molecule has 0 N–H and O–H groups in total. The van der Waals surface area contributed by atoms with Gasteiger partial charge in [-0.2, -0.15) is 4.79 Å². The highest BCUT2D eigenvalue weighted by atomic mass is 35.5. The first-order valence-corrected chi connectivity index (χ1v) is 7.83. The number of anilines is 1. The molecule has 1 heterocycles. The van der Waals surface area contributed by atoms with Crippen molar-refractivity contribution >= 4 is 35.2 Å². The first-order chi connectivity index (χ1) is 11.6. The number of Topliss-reactive ketones (excluding diaryl/α,β-unsaturated/α-hetero) is 1. The van der Waals surface area contributed by atoms with Gasteiger partial charge in [-0.1, -0.05) is 41.9 Å². The molecule has 3 rings (SSSR count). The smallest absolute Gasteiger partial charge is 0.325 e. The lowest BCUT2D eigenvalue weighted by molar-refractivity contribution is -0.120. The van der Waals surface area contributed by atoms with E-state index in [0.717, 1.165) is 11.8 Å². The number of amides is 1. The van der Waals surface area contributed by atoms with Crippen LogP contribution >= 0.6 is 11.6 Å². The fraction of sp³-hybridized carbons (Fsp3) is 0.167. The highest BCUT2D eigenvalue weighted by Gasteiger charge is 2.46. The Hall–Kier alpha value is -2.75. The van der Waals surface area contributed by atoms with Gasteiger partial charge in [0.25, 0.3) is 5.78 Å². The summed E-state index contributed by atoms with van der Waals surface area (Å²) in [4.78, 5) is 29.4. The van der Waals surface area contributed by atoms with Crippen LogP contribution in [-0.2, 0) is 9.59 Å². The number of carbonyl (C=O) groups excluding carboxylic acids is 2. The summed E-state index contributed by atoms with van der Waals surface area (Å²) in [6.45, 7) is 0. The second-order valence-electron chi connectivity index (χ2n) is 5.55. The van der Waals surface area contributed by atoms with Crippen molar-refractivity contribution in [3.63, 3.8) is 0 Å². The molecule has 1 saturated heterocycles. The zero-order valence-corrected chi connectivity index (χ0v) is 13.4. The fourth-order valence-electron chi connectivity index (χ4n) is 3.10. The fourth-order valence-corrected chi connectivity index (χ4v) is 3.22. The van der Waals surface area contributed by atoms with E-state index in [2.05, 4.69) is 4.79 Å². The Bertz CT molecular complexity index is 814. The van der Waals surface area contributed by atoms with Gasteiger partial charge in [-0.05, 0) is 29.8 Å². The van der Waals surface area contributed by atoms with Crippen LogP contribution in [0.5, 0.6) is 0 Å². The lowest BCUT2D eigenvalue weighted by Crippen LogP contribution is -2.41. The first-order valence-electron chi connectivity index (χ1n) is 7.45. The molecule has 2 aromatic carbocycles. The molecule has 1 aliphatic rings. The minimum absolute atomic E-state index is 0.157. The number of hydrogen-bond acceptors (Lipinski definition) is 2. The number of rotatable bonds is 4. The molecule has 0 bridgehead atoms. The lowest BCUT2D eigenvalue weighted by atomic mass is 9.89. The van der Waals surface area contributed by atoms with Crippen LogP contribution < -0.4 is 4.90 Å². The van der Waals surface area contributed by atoms with Gasteiger partial charge in [-0.15, -0.1) is 0 Å². The molecule has 0 saturated carbocycles. The molecule has 1 fully saturated rings. The van der Waals surface area contributed by atoms with Crippen molar-refractivity contribution in [2.45, 2.75) is 18.4 Å². The van der Waals surface area contributed by atoms with Gasteiger partial charge in [0, 0.05) is 23.0 Å². The molecule has 24 heavy (non-hydrogen) atoms. The molecular weight excluding hydrogens is 326 g/mol. The lowest BCUT2D eigenvalue weighted by Gasteiger charge is -2.25. The summed E-state index contributed by atoms with van der Waals surface area (Å²) in [5, 5.41) is 0.546. The molecule has 2 aromatic rings. The Morgan fingerprint density at radius 1 is 1.17 bits per heavy atom. The third kappa shape index (κ3) is 3.00. The molecule has 0 aliphatic carbocycles. The molecule has 1 aliphatic heterocycles. The van der Waals surface area contributed by atoms with Crippen LogP contribution in [-0.4, -0.2) is 28.7 Å². The van der Waals surface area contributed by atoms with Gasteiger partial charge in [-0.25, -0.2) is 0 Å². The molecule has 120 valence electrons. The van der Waals surface area contributed by atoms with Crippen molar-refractivity contribution in [3.8, 4) is 0 Å². The van der Waals surface area contributed by atoms with Crippen molar-refractivity contribution in [1.29, 1.82) is 0 Å².